The molecule has 4 nitrogen and oxygen atoms in total. The van der Waals surface area contributed by atoms with Gasteiger partial charge in [-0.25, -0.2) is 0 Å². The quantitative estimate of drug-likeness (QED) is 0.309. The zero-order valence-electron chi connectivity index (χ0n) is 13.2. The van der Waals surface area contributed by atoms with Crippen LogP contribution >= 0.6 is 0 Å². The number of aliphatic hydroxyl groups is 1. The predicted octanol–water partition coefficient (Wildman–Crippen LogP) is 5.85. The summed E-state index contributed by atoms with van der Waals surface area (Å²) in [5, 5.41) is 16.3. The van der Waals surface area contributed by atoms with Crippen molar-refractivity contribution in [2.75, 3.05) is 0 Å². The Bertz CT molecular complexity index is 886. The molecular weight excluding hydrogens is 378 g/mol. The number of benzene rings is 2. The molecule has 10 heteroatoms. The van der Waals surface area contributed by atoms with Crippen molar-refractivity contribution < 1.29 is 36.2 Å². The first-order valence-corrected chi connectivity index (χ1v) is 7.19. The number of carbonyl (C=O) groups is 1. The van der Waals surface area contributed by atoms with Crippen molar-refractivity contribution in [3.05, 3.63) is 71.4 Å². The molecule has 142 valence electrons. The number of Topliss-reactive ketones (excluding diaryl/α,β-unsaturated/α-hetero) is 1. The van der Waals surface area contributed by atoms with Crippen molar-refractivity contribution in [2.45, 2.75) is 12.4 Å². The lowest BCUT2D eigenvalue weighted by Crippen LogP contribution is -2.24. The number of hydrogen-bond acceptors (Lipinski definition) is 4. The molecule has 0 aliphatic carbocycles. The SMILES string of the molecule is O=C(/C(N=Nc1cccc(C(F)(F)F)c1)=C(\O)c1ccccc1)C(F)(F)F. The number of halogens is 6. The summed E-state index contributed by atoms with van der Waals surface area (Å²) in [5.41, 5.74) is -3.13. The van der Waals surface area contributed by atoms with E-state index in [9.17, 15) is 36.2 Å². The molecule has 0 radical (unpaired) electrons. The fourth-order valence-corrected chi connectivity index (χ4v) is 1.92. The van der Waals surface area contributed by atoms with Gasteiger partial charge >= 0.3 is 12.4 Å². The highest BCUT2D eigenvalue weighted by molar-refractivity contribution is 6.04. The number of rotatable bonds is 4. The van der Waals surface area contributed by atoms with Gasteiger partial charge in [0.2, 0.25) is 0 Å². The molecule has 0 atom stereocenters. The molecule has 0 aliphatic heterocycles. The maximum atomic E-state index is 12.8. The Labute approximate surface area is 148 Å². The van der Waals surface area contributed by atoms with Gasteiger partial charge < -0.3 is 5.11 Å². The lowest BCUT2D eigenvalue weighted by Gasteiger charge is -2.08. The maximum absolute atomic E-state index is 12.8. The van der Waals surface area contributed by atoms with E-state index in [4.69, 9.17) is 0 Å². The number of nitrogens with zero attached hydrogens (tertiary/aromatic N) is 2. The Morgan fingerprint density at radius 3 is 2.07 bits per heavy atom. The van der Waals surface area contributed by atoms with E-state index in [1.54, 1.807) is 0 Å². The summed E-state index contributed by atoms with van der Waals surface area (Å²) in [6.07, 6.45) is -10.1. The summed E-state index contributed by atoms with van der Waals surface area (Å²) < 4.78 is 76.4. The molecule has 0 bridgehead atoms. The zero-order valence-corrected chi connectivity index (χ0v) is 13.2. The molecule has 1 N–H and O–H groups in total. The Morgan fingerprint density at radius 2 is 1.52 bits per heavy atom. The monoisotopic (exact) mass is 388 g/mol. The molecule has 0 aromatic heterocycles. The second-order valence-corrected chi connectivity index (χ2v) is 5.14. The van der Waals surface area contributed by atoms with Crippen LogP contribution in [0.2, 0.25) is 0 Å². The number of alkyl halides is 6. The largest absolute Gasteiger partial charge is 0.505 e. The minimum atomic E-state index is -5.37. The van der Waals surface area contributed by atoms with Gasteiger partial charge in [0.15, 0.2) is 11.5 Å². The second kappa shape index (κ2) is 7.60. The van der Waals surface area contributed by atoms with E-state index >= 15 is 0 Å². The molecule has 2 aromatic rings. The van der Waals surface area contributed by atoms with E-state index in [1.165, 1.54) is 30.3 Å². The van der Waals surface area contributed by atoms with Gasteiger partial charge in [0.1, 0.15) is 0 Å². The summed E-state index contributed by atoms with van der Waals surface area (Å²) in [6, 6.07) is 10.0. The number of carbonyl (C=O) groups excluding carboxylic acids is 1. The van der Waals surface area contributed by atoms with Crippen LogP contribution in [0.1, 0.15) is 11.1 Å². The molecule has 2 aromatic carbocycles. The fraction of sp³-hybridized carbons (Fsp3) is 0.118. The van der Waals surface area contributed by atoms with Gasteiger partial charge in [-0.1, -0.05) is 36.4 Å². The Hall–Kier alpha value is -3.17. The van der Waals surface area contributed by atoms with E-state index < -0.39 is 40.8 Å². The molecule has 0 heterocycles. The minimum absolute atomic E-state index is 0.145. The van der Waals surface area contributed by atoms with Gasteiger partial charge in [-0.15, -0.1) is 5.11 Å². The highest BCUT2D eigenvalue weighted by Crippen LogP contribution is 2.32. The fourth-order valence-electron chi connectivity index (χ4n) is 1.92. The lowest BCUT2D eigenvalue weighted by molar-refractivity contribution is -0.166. The van der Waals surface area contributed by atoms with Crippen LogP contribution in [0, 0.1) is 0 Å². The van der Waals surface area contributed by atoms with E-state index in [0.717, 1.165) is 18.2 Å². The first kappa shape index (κ1) is 20.1. The highest BCUT2D eigenvalue weighted by Gasteiger charge is 2.43. The van der Waals surface area contributed by atoms with E-state index in [2.05, 4.69) is 10.2 Å². The third-order valence-corrected chi connectivity index (χ3v) is 3.18. The zero-order chi connectivity index (χ0) is 20.2. The van der Waals surface area contributed by atoms with Crippen molar-refractivity contribution in [3.63, 3.8) is 0 Å². The minimum Gasteiger partial charge on any atom is -0.505 e. The van der Waals surface area contributed by atoms with Crippen molar-refractivity contribution >= 4 is 17.2 Å². The number of hydrogen-bond donors (Lipinski definition) is 1. The van der Waals surface area contributed by atoms with Crippen LogP contribution in [0.25, 0.3) is 5.76 Å². The van der Waals surface area contributed by atoms with Crippen LogP contribution in [-0.2, 0) is 11.0 Å². The van der Waals surface area contributed by atoms with Crippen LogP contribution in [0.3, 0.4) is 0 Å². The summed E-state index contributed by atoms with van der Waals surface area (Å²) >= 11 is 0. The van der Waals surface area contributed by atoms with E-state index in [1.807, 2.05) is 0 Å². The topological polar surface area (TPSA) is 62.0 Å². The van der Waals surface area contributed by atoms with Crippen molar-refractivity contribution in [1.82, 2.24) is 0 Å². The molecule has 27 heavy (non-hydrogen) atoms. The third-order valence-electron chi connectivity index (χ3n) is 3.18. The summed E-state index contributed by atoms with van der Waals surface area (Å²) in [5.74, 6) is -3.59. The molecule has 0 spiro atoms. The smallest absolute Gasteiger partial charge is 0.456 e. The highest BCUT2D eigenvalue weighted by atomic mass is 19.4. The molecule has 0 fully saturated rings. The number of ketones is 1. The average molecular weight is 388 g/mol. The van der Waals surface area contributed by atoms with Crippen LogP contribution < -0.4 is 0 Å². The van der Waals surface area contributed by atoms with Gasteiger partial charge in [0.05, 0.1) is 11.3 Å². The Morgan fingerprint density at radius 1 is 0.889 bits per heavy atom. The standard InChI is InChI=1S/C17H10F6N2O2/c18-16(19,20)11-7-4-8-12(9-11)24-25-13(15(27)17(21,22)23)14(26)10-5-2-1-3-6-10/h1-9,26H/b14-13+,25-24?. The summed E-state index contributed by atoms with van der Waals surface area (Å²) in [7, 11) is 0. The van der Waals surface area contributed by atoms with Crippen LogP contribution in [0.4, 0.5) is 32.0 Å². The molecule has 0 saturated carbocycles. The van der Waals surface area contributed by atoms with Crippen molar-refractivity contribution in [3.8, 4) is 0 Å². The van der Waals surface area contributed by atoms with E-state index in [0.29, 0.717) is 6.07 Å². The third kappa shape index (κ3) is 5.16. The van der Waals surface area contributed by atoms with E-state index in [-0.39, 0.29) is 5.56 Å². The molecule has 0 unspecified atom stereocenters. The first-order valence-electron chi connectivity index (χ1n) is 7.19. The molecule has 2 rings (SSSR count). The second-order valence-electron chi connectivity index (χ2n) is 5.14. The van der Waals surface area contributed by atoms with Crippen molar-refractivity contribution in [1.29, 1.82) is 0 Å². The number of azo groups is 1. The summed E-state index contributed by atoms with van der Waals surface area (Å²) in [6.45, 7) is 0. The number of aliphatic hydroxyl groups excluding tert-OH is 1. The predicted molar refractivity (Wildman–Crippen MR) is 83.0 cm³/mol. The van der Waals surface area contributed by atoms with Gasteiger partial charge in [-0.3, -0.25) is 4.79 Å². The average Bonchev–Trinajstić information content (AvgIpc) is 2.61. The maximum Gasteiger partial charge on any atom is 0.456 e. The van der Waals surface area contributed by atoms with Gasteiger partial charge in [0.25, 0.3) is 5.78 Å². The van der Waals surface area contributed by atoms with Gasteiger partial charge in [-0.2, -0.15) is 31.5 Å². The normalized spacial score (nSPS) is 13.6. The molecular formula is C17H10F6N2O2. The van der Waals surface area contributed by atoms with Crippen LogP contribution in [-0.4, -0.2) is 17.1 Å². The first-order chi connectivity index (χ1) is 12.5. The Kier molecular flexibility index (Phi) is 5.67. The molecule has 0 amide bonds. The molecule has 0 aliphatic rings. The van der Waals surface area contributed by atoms with Crippen LogP contribution in [0.5, 0.6) is 0 Å². The van der Waals surface area contributed by atoms with Gasteiger partial charge in [0, 0.05) is 5.56 Å². The van der Waals surface area contributed by atoms with Crippen molar-refractivity contribution in [2.24, 2.45) is 10.2 Å². The van der Waals surface area contributed by atoms with Crippen LogP contribution in [0.15, 0.2) is 70.5 Å². The number of allylic oxidation sites excluding steroid dienone is 1. The Balaban J connectivity index is 2.50. The summed E-state index contributed by atoms with van der Waals surface area (Å²) in [4.78, 5) is 11.6. The molecule has 0 saturated heterocycles. The van der Waals surface area contributed by atoms with Gasteiger partial charge in [-0.05, 0) is 18.2 Å². The lowest BCUT2D eigenvalue weighted by atomic mass is 10.1.